The summed E-state index contributed by atoms with van der Waals surface area (Å²) in [5.74, 6) is 0.881. The first-order valence-electron chi connectivity index (χ1n) is 8.12. The van der Waals surface area contributed by atoms with Gasteiger partial charge in [0.15, 0.2) is 0 Å². The first kappa shape index (κ1) is 19.8. The second-order valence-corrected chi connectivity index (χ2v) is 6.61. The van der Waals surface area contributed by atoms with Crippen molar-refractivity contribution in [1.29, 1.82) is 0 Å². The van der Waals surface area contributed by atoms with Gasteiger partial charge in [0.1, 0.15) is 11.6 Å². The highest BCUT2D eigenvalue weighted by Gasteiger charge is 2.18. The number of ether oxygens (including phenoxy) is 1. The van der Waals surface area contributed by atoms with E-state index in [1.165, 1.54) is 24.3 Å². The number of carbonyl (C=O) groups excluding carboxylic acids is 1. The van der Waals surface area contributed by atoms with Gasteiger partial charge in [-0.2, -0.15) is 13.8 Å². The fourth-order valence-corrected chi connectivity index (χ4v) is 3.03. The van der Waals surface area contributed by atoms with Crippen LogP contribution in [0.3, 0.4) is 0 Å². The lowest BCUT2D eigenvalue weighted by Gasteiger charge is -2.16. The van der Waals surface area contributed by atoms with Gasteiger partial charge in [0.25, 0.3) is 5.22 Å². The molecule has 0 radical (unpaired) electrons. The molecule has 0 fully saturated rings. The number of amides is 1. The molecule has 2 aromatic heterocycles. The maximum atomic E-state index is 12.9. The zero-order valence-electron chi connectivity index (χ0n) is 15.1. The van der Waals surface area contributed by atoms with Crippen LogP contribution in [0.5, 0.6) is 5.75 Å². The largest absolute Gasteiger partial charge is 0.497 e. The molecule has 0 bridgehead atoms. The van der Waals surface area contributed by atoms with Gasteiger partial charge in [0.2, 0.25) is 11.7 Å². The molecule has 0 aliphatic heterocycles. The fourth-order valence-electron chi connectivity index (χ4n) is 2.33. The molecule has 2 heterocycles. The van der Waals surface area contributed by atoms with Crippen LogP contribution in [0.2, 0.25) is 0 Å². The van der Waals surface area contributed by atoms with Crippen LogP contribution in [0.4, 0.5) is 8.78 Å². The first-order valence-corrected chi connectivity index (χ1v) is 9.11. The summed E-state index contributed by atoms with van der Waals surface area (Å²) in [7, 11) is 3.08. The summed E-state index contributed by atoms with van der Waals surface area (Å²) in [5, 5.41) is 4.12. The number of methoxy groups -OCH3 is 1. The van der Waals surface area contributed by atoms with Crippen molar-refractivity contribution in [1.82, 2.24) is 24.6 Å². The molecule has 0 N–H and O–H groups in total. The summed E-state index contributed by atoms with van der Waals surface area (Å²) in [4.78, 5) is 21.7. The van der Waals surface area contributed by atoms with Crippen LogP contribution in [0, 0.1) is 0 Å². The predicted molar refractivity (Wildman–Crippen MR) is 97.0 cm³/mol. The van der Waals surface area contributed by atoms with Gasteiger partial charge < -0.3 is 14.2 Å². The van der Waals surface area contributed by atoms with Crippen molar-refractivity contribution >= 4 is 17.7 Å². The Kier molecular flexibility index (Phi) is 6.24. The van der Waals surface area contributed by atoms with Gasteiger partial charge in [0, 0.05) is 25.0 Å². The van der Waals surface area contributed by atoms with Crippen LogP contribution in [0.15, 0.2) is 46.4 Å². The van der Waals surface area contributed by atoms with Gasteiger partial charge in [0.05, 0.1) is 19.4 Å². The molecule has 0 saturated heterocycles. The molecular weight excluding hydrogens is 392 g/mol. The van der Waals surface area contributed by atoms with Gasteiger partial charge in [-0.15, -0.1) is 0 Å². The summed E-state index contributed by atoms with van der Waals surface area (Å²) >= 11 is 1.07. The maximum absolute atomic E-state index is 12.9. The van der Waals surface area contributed by atoms with Gasteiger partial charge in [-0.1, -0.05) is 29.1 Å². The second-order valence-electron chi connectivity index (χ2n) is 5.68. The van der Waals surface area contributed by atoms with Crippen molar-refractivity contribution in [3.8, 4) is 17.1 Å². The van der Waals surface area contributed by atoms with E-state index in [1.807, 2.05) is 6.07 Å². The molecule has 0 spiro atoms. The van der Waals surface area contributed by atoms with E-state index in [1.54, 1.807) is 25.3 Å². The zero-order valence-corrected chi connectivity index (χ0v) is 15.9. The number of alkyl halides is 2. The minimum atomic E-state index is -2.70. The lowest BCUT2D eigenvalue weighted by atomic mass is 10.2. The summed E-state index contributed by atoms with van der Waals surface area (Å²) in [6.07, 6.45) is 2.44. The number of halogens is 2. The second kappa shape index (κ2) is 8.83. The lowest BCUT2D eigenvalue weighted by molar-refractivity contribution is -0.127. The molecule has 11 heteroatoms. The number of benzene rings is 1. The summed E-state index contributed by atoms with van der Waals surface area (Å²) < 4.78 is 36.7. The molecule has 0 aliphatic rings. The van der Waals surface area contributed by atoms with Crippen molar-refractivity contribution in [2.45, 2.75) is 18.3 Å². The summed E-state index contributed by atoms with van der Waals surface area (Å²) in [5.41, 5.74) is 0.720. The molecule has 28 heavy (non-hydrogen) atoms. The van der Waals surface area contributed by atoms with E-state index in [2.05, 4.69) is 15.1 Å². The third-order valence-electron chi connectivity index (χ3n) is 3.82. The molecule has 3 rings (SSSR count). The van der Waals surface area contributed by atoms with Crippen LogP contribution in [0.25, 0.3) is 11.4 Å². The van der Waals surface area contributed by atoms with E-state index < -0.39 is 6.55 Å². The smallest absolute Gasteiger partial charge is 0.319 e. The van der Waals surface area contributed by atoms with Crippen molar-refractivity contribution in [3.63, 3.8) is 0 Å². The summed E-state index contributed by atoms with van der Waals surface area (Å²) in [6, 6.07) is 7.18. The highest BCUT2D eigenvalue weighted by Crippen LogP contribution is 2.24. The van der Waals surface area contributed by atoms with Gasteiger partial charge in [-0.3, -0.25) is 9.36 Å². The minimum Gasteiger partial charge on any atom is -0.497 e. The number of nitrogens with zero attached hydrogens (tertiary/aromatic N) is 5. The Hall–Kier alpha value is -2.95. The zero-order chi connectivity index (χ0) is 20.1. The molecule has 8 nitrogen and oxygen atoms in total. The Morgan fingerprint density at radius 1 is 1.43 bits per heavy atom. The highest BCUT2D eigenvalue weighted by atomic mass is 32.2. The minimum absolute atomic E-state index is 0.0195. The monoisotopic (exact) mass is 409 g/mol. The van der Waals surface area contributed by atoms with E-state index in [0.29, 0.717) is 11.6 Å². The van der Waals surface area contributed by atoms with Crippen LogP contribution in [-0.2, 0) is 11.3 Å². The standard InChI is InChI=1S/C17H17F2N5O3S/c1-23(9-13-20-6-7-24(13)16(18)19)14(25)10-28-17-21-15(22-27-17)11-4-3-5-12(8-11)26-2/h3-8,16H,9-10H2,1-2H3. The van der Waals surface area contributed by atoms with Crippen molar-refractivity contribution in [3.05, 3.63) is 42.5 Å². The molecule has 0 unspecified atom stereocenters. The number of hydrogen-bond acceptors (Lipinski definition) is 7. The van der Waals surface area contributed by atoms with Crippen LogP contribution in [-0.4, -0.2) is 50.4 Å². The molecule has 0 aliphatic carbocycles. The molecule has 3 aromatic rings. The molecule has 1 aromatic carbocycles. The average molecular weight is 409 g/mol. The number of carbonyl (C=O) groups is 1. The van der Waals surface area contributed by atoms with E-state index in [-0.39, 0.29) is 29.3 Å². The Bertz CT molecular complexity index is 946. The van der Waals surface area contributed by atoms with Crippen LogP contribution in [0.1, 0.15) is 12.4 Å². The first-order chi connectivity index (χ1) is 13.5. The lowest BCUT2D eigenvalue weighted by Crippen LogP contribution is -2.29. The summed E-state index contributed by atoms with van der Waals surface area (Å²) in [6.45, 7) is -2.74. The van der Waals surface area contributed by atoms with E-state index in [9.17, 15) is 13.6 Å². The number of imidazole rings is 1. The molecule has 0 saturated carbocycles. The molecule has 1 amide bonds. The Balaban J connectivity index is 1.57. The molecule has 0 atom stereocenters. The van der Waals surface area contributed by atoms with Crippen molar-refractivity contribution in [2.24, 2.45) is 0 Å². The van der Waals surface area contributed by atoms with Gasteiger partial charge in [-0.05, 0) is 12.1 Å². The van der Waals surface area contributed by atoms with E-state index in [4.69, 9.17) is 9.26 Å². The van der Waals surface area contributed by atoms with Crippen molar-refractivity contribution < 1.29 is 22.8 Å². The number of hydrogen-bond donors (Lipinski definition) is 0. The topological polar surface area (TPSA) is 86.3 Å². The third kappa shape index (κ3) is 4.66. The maximum Gasteiger partial charge on any atom is 0.319 e. The van der Waals surface area contributed by atoms with E-state index >= 15 is 0 Å². The van der Waals surface area contributed by atoms with Crippen LogP contribution < -0.4 is 4.74 Å². The highest BCUT2D eigenvalue weighted by molar-refractivity contribution is 7.99. The fraction of sp³-hybridized carbons (Fsp3) is 0.294. The number of rotatable bonds is 8. The quantitative estimate of drug-likeness (QED) is 0.529. The predicted octanol–water partition coefficient (Wildman–Crippen LogP) is 3.09. The average Bonchev–Trinajstić information content (AvgIpc) is 3.35. The number of thioether (sulfide) groups is 1. The van der Waals surface area contributed by atoms with Gasteiger partial charge in [-0.25, -0.2) is 4.98 Å². The Labute approximate surface area is 163 Å². The van der Waals surface area contributed by atoms with Crippen LogP contribution >= 0.6 is 11.8 Å². The number of aromatic nitrogens is 4. The van der Waals surface area contributed by atoms with E-state index in [0.717, 1.165) is 21.9 Å². The normalized spacial score (nSPS) is 11.0. The molecular formula is C17H17F2N5O3S. The molecule has 148 valence electrons. The third-order valence-corrected chi connectivity index (χ3v) is 4.62. The van der Waals surface area contributed by atoms with Crippen molar-refractivity contribution in [2.75, 3.05) is 19.9 Å². The SMILES string of the molecule is COc1cccc(-c2noc(SCC(=O)N(C)Cc3nccn3C(F)F)n2)c1. The van der Waals surface area contributed by atoms with Gasteiger partial charge >= 0.3 is 6.55 Å². The Morgan fingerprint density at radius 3 is 3.00 bits per heavy atom. The Morgan fingerprint density at radius 2 is 2.25 bits per heavy atom.